The fourth-order valence-electron chi connectivity index (χ4n) is 1.23. The van der Waals surface area contributed by atoms with Gasteiger partial charge in [0.2, 0.25) is 0 Å². The number of aryl methyl sites for hydroxylation is 2. The molecule has 0 spiro atoms. The van der Waals surface area contributed by atoms with Crippen LogP contribution in [0.2, 0.25) is 0 Å². The summed E-state index contributed by atoms with van der Waals surface area (Å²) in [7, 11) is 1.67. The van der Waals surface area contributed by atoms with Gasteiger partial charge in [-0.1, -0.05) is 21.1 Å². The maximum Gasteiger partial charge on any atom is 0.0835 e. The summed E-state index contributed by atoms with van der Waals surface area (Å²) in [4.78, 5) is 0. The second-order valence-electron chi connectivity index (χ2n) is 3.37. The molecule has 0 bridgehead atoms. The van der Waals surface area contributed by atoms with E-state index in [1.54, 1.807) is 7.11 Å². The molecular weight excluding hydrogens is 274 g/mol. The van der Waals surface area contributed by atoms with Crippen molar-refractivity contribution in [3.05, 3.63) is 11.9 Å². The molecule has 1 rings (SSSR count). The summed E-state index contributed by atoms with van der Waals surface area (Å²) in [6, 6.07) is 0. The molecule has 1 aromatic rings. The van der Waals surface area contributed by atoms with E-state index in [2.05, 4.69) is 26.2 Å². The van der Waals surface area contributed by atoms with Crippen molar-refractivity contribution in [2.45, 2.75) is 19.4 Å². The zero-order chi connectivity index (χ0) is 11.6. The Balaban J connectivity index is 2.07. The van der Waals surface area contributed by atoms with Gasteiger partial charge in [-0.25, -0.2) is 0 Å². The first kappa shape index (κ1) is 13.6. The first-order valence-corrected chi connectivity index (χ1v) is 6.50. The minimum absolute atomic E-state index is 0.652. The molecule has 0 aromatic carbocycles. The second kappa shape index (κ2) is 8.66. The van der Waals surface area contributed by atoms with Crippen molar-refractivity contribution in [3.63, 3.8) is 0 Å². The molecule has 0 aliphatic rings. The first-order valence-electron chi connectivity index (χ1n) is 5.38. The summed E-state index contributed by atoms with van der Waals surface area (Å²) in [5, 5.41) is 9.01. The number of rotatable bonds is 9. The van der Waals surface area contributed by atoms with Crippen LogP contribution in [-0.2, 0) is 22.4 Å². The average molecular weight is 292 g/mol. The molecule has 0 amide bonds. The molecule has 0 aliphatic carbocycles. The highest BCUT2D eigenvalue weighted by Crippen LogP contribution is 1.98. The zero-order valence-corrected chi connectivity index (χ0v) is 11.1. The predicted molar refractivity (Wildman–Crippen MR) is 64.8 cm³/mol. The summed E-state index contributed by atoms with van der Waals surface area (Å²) in [5.74, 6) is 0. The minimum Gasteiger partial charge on any atom is -0.382 e. The number of hydrogen-bond acceptors (Lipinski definition) is 4. The Morgan fingerprint density at radius 2 is 2.25 bits per heavy atom. The van der Waals surface area contributed by atoms with E-state index in [0.29, 0.717) is 13.2 Å². The zero-order valence-electron chi connectivity index (χ0n) is 9.56. The van der Waals surface area contributed by atoms with Crippen molar-refractivity contribution in [1.29, 1.82) is 0 Å². The highest BCUT2D eigenvalue weighted by molar-refractivity contribution is 9.09. The van der Waals surface area contributed by atoms with E-state index in [1.807, 2.05) is 10.9 Å². The van der Waals surface area contributed by atoms with Crippen LogP contribution in [0.1, 0.15) is 12.1 Å². The quantitative estimate of drug-likeness (QED) is 0.508. The highest BCUT2D eigenvalue weighted by Gasteiger charge is 1.99. The van der Waals surface area contributed by atoms with Gasteiger partial charge in [-0.3, -0.25) is 4.68 Å². The summed E-state index contributed by atoms with van der Waals surface area (Å²) in [5.41, 5.74) is 1.03. The Labute approximate surface area is 104 Å². The lowest BCUT2D eigenvalue weighted by Crippen LogP contribution is -2.06. The maximum atomic E-state index is 5.36. The van der Waals surface area contributed by atoms with Crippen LogP contribution in [0.25, 0.3) is 0 Å². The van der Waals surface area contributed by atoms with Crippen LogP contribution in [0, 0.1) is 0 Å². The number of hydrogen-bond donors (Lipinski definition) is 0. The number of ether oxygens (including phenoxy) is 2. The molecule has 0 unspecified atom stereocenters. The van der Waals surface area contributed by atoms with Crippen molar-refractivity contribution in [3.8, 4) is 0 Å². The van der Waals surface area contributed by atoms with Crippen molar-refractivity contribution < 1.29 is 9.47 Å². The molecule has 0 N–H and O–H groups in total. The molecule has 6 heteroatoms. The lowest BCUT2D eigenvalue weighted by molar-refractivity contribution is 0.0676. The number of aromatic nitrogens is 3. The largest absolute Gasteiger partial charge is 0.382 e. The molecule has 5 nitrogen and oxygen atoms in total. The van der Waals surface area contributed by atoms with Crippen LogP contribution in [-0.4, -0.2) is 47.3 Å². The molecule has 16 heavy (non-hydrogen) atoms. The monoisotopic (exact) mass is 291 g/mol. The van der Waals surface area contributed by atoms with Gasteiger partial charge < -0.3 is 9.47 Å². The molecule has 0 fully saturated rings. The van der Waals surface area contributed by atoms with E-state index in [9.17, 15) is 0 Å². The van der Waals surface area contributed by atoms with Gasteiger partial charge in [0.05, 0.1) is 18.9 Å². The van der Waals surface area contributed by atoms with E-state index in [4.69, 9.17) is 9.47 Å². The Morgan fingerprint density at radius 3 is 3.00 bits per heavy atom. The average Bonchev–Trinajstić information content (AvgIpc) is 2.72. The third kappa shape index (κ3) is 5.58. The van der Waals surface area contributed by atoms with E-state index in [1.165, 1.54) is 0 Å². The molecule has 0 radical (unpaired) electrons. The van der Waals surface area contributed by atoms with Gasteiger partial charge in [0.1, 0.15) is 0 Å². The van der Waals surface area contributed by atoms with Gasteiger partial charge in [0.15, 0.2) is 0 Å². The standard InChI is InChI=1S/C10H18BrN3O2/c1-15-7-8-16-6-2-5-14-9-10(3-4-11)12-13-14/h9H,2-8H2,1H3. The van der Waals surface area contributed by atoms with Gasteiger partial charge in [-0.15, -0.1) is 5.10 Å². The van der Waals surface area contributed by atoms with Crippen LogP contribution in [0.4, 0.5) is 0 Å². The third-order valence-electron chi connectivity index (χ3n) is 2.04. The molecule has 0 saturated heterocycles. The lowest BCUT2D eigenvalue weighted by atomic mass is 10.4. The van der Waals surface area contributed by atoms with E-state index < -0.39 is 0 Å². The highest BCUT2D eigenvalue weighted by atomic mass is 79.9. The van der Waals surface area contributed by atoms with Crippen molar-refractivity contribution in [1.82, 2.24) is 15.0 Å². The molecule has 1 aromatic heterocycles. The maximum absolute atomic E-state index is 5.36. The summed E-state index contributed by atoms with van der Waals surface area (Å²) in [6.07, 6.45) is 3.85. The van der Waals surface area contributed by atoms with E-state index in [0.717, 1.165) is 37.0 Å². The summed E-state index contributed by atoms with van der Waals surface area (Å²) >= 11 is 3.37. The molecule has 0 saturated carbocycles. The van der Waals surface area contributed by atoms with Crippen molar-refractivity contribution in [2.75, 3.05) is 32.3 Å². The van der Waals surface area contributed by atoms with Crippen molar-refractivity contribution in [2.24, 2.45) is 0 Å². The fraction of sp³-hybridized carbons (Fsp3) is 0.800. The van der Waals surface area contributed by atoms with Crippen LogP contribution in [0.3, 0.4) is 0 Å². The molecule has 0 atom stereocenters. The lowest BCUT2D eigenvalue weighted by Gasteiger charge is -2.02. The fourth-order valence-corrected chi connectivity index (χ4v) is 1.64. The predicted octanol–water partition coefficient (Wildman–Crippen LogP) is 1.27. The Hall–Kier alpha value is -0.460. The Bertz CT molecular complexity index is 281. The summed E-state index contributed by atoms with van der Waals surface area (Å²) in [6.45, 7) is 2.89. The van der Waals surface area contributed by atoms with E-state index in [-0.39, 0.29) is 0 Å². The van der Waals surface area contributed by atoms with Gasteiger partial charge >= 0.3 is 0 Å². The number of alkyl halides is 1. The Morgan fingerprint density at radius 1 is 1.38 bits per heavy atom. The van der Waals surface area contributed by atoms with Gasteiger partial charge in [0, 0.05) is 38.2 Å². The van der Waals surface area contributed by atoms with Crippen molar-refractivity contribution >= 4 is 15.9 Å². The van der Waals surface area contributed by atoms with E-state index >= 15 is 0 Å². The normalized spacial score (nSPS) is 10.9. The van der Waals surface area contributed by atoms with Crippen LogP contribution in [0.5, 0.6) is 0 Å². The summed E-state index contributed by atoms with van der Waals surface area (Å²) < 4.78 is 12.1. The van der Waals surface area contributed by atoms with Gasteiger partial charge in [0.25, 0.3) is 0 Å². The first-order chi connectivity index (χ1) is 7.86. The minimum atomic E-state index is 0.652. The Kier molecular flexibility index (Phi) is 7.37. The SMILES string of the molecule is COCCOCCCn1cc(CCBr)nn1. The van der Waals surface area contributed by atoms with Gasteiger partial charge in [-0.2, -0.15) is 0 Å². The number of nitrogens with zero attached hydrogens (tertiary/aromatic N) is 3. The number of halogens is 1. The number of methoxy groups -OCH3 is 1. The molecule has 1 heterocycles. The van der Waals surface area contributed by atoms with Crippen LogP contribution >= 0.6 is 15.9 Å². The van der Waals surface area contributed by atoms with Crippen LogP contribution < -0.4 is 0 Å². The topological polar surface area (TPSA) is 49.2 Å². The van der Waals surface area contributed by atoms with Crippen LogP contribution in [0.15, 0.2) is 6.20 Å². The molecular formula is C10H18BrN3O2. The second-order valence-corrected chi connectivity index (χ2v) is 4.16. The molecule has 0 aliphatic heterocycles. The third-order valence-corrected chi connectivity index (χ3v) is 2.44. The smallest absolute Gasteiger partial charge is 0.0835 e. The van der Waals surface area contributed by atoms with Gasteiger partial charge in [-0.05, 0) is 6.42 Å². The molecule has 92 valence electrons.